The van der Waals surface area contributed by atoms with Crippen molar-refractivity contribution in [3.8, 4) is 0 Å². The van der Waals surface area contributed by atoms with Gasteiger partial charge in [0, 0.05) is 24.9 Å². The van der Waals surface area contributed by atoms with Crippen LogP contribution in [0.4, 0.5) is 0 Å². The van der Waals surface area contributed by atoms with E-state index in [2.05, 4.69) is 23.5 Å². The van der Waals surface area contributed by atoms with Crippen LogP contribution in [-0.2, 0) is 11.3 Å². The molecule has 1 saturated heterocycles. The lowest BCUT2D eigenvalue weighted by Gasteiger charge is -2.29. The van der Waals surface area contributed by atoms with Gasteiger partial charge in [0.2, 0.25) is 0 Å². The largest absolute Gasteiger partial charge is 0.376 e. The summed E-state index contributed by atoms with van der Waals surface area (Å²) in [7, 11) is 2.00. The van der Waals surface area contributed by atoms with Crippen molar-refractivity contribution in [1.29, 1.82) is 0 Å². The van der Waals surface area contributed by atoms with Crippen molar-refractivity contribution in [1.82, 2.24) is 15.1 Å². The first-order valence-electron chi connectivity index (χ1n) is 6.66. The number of likely N-dealkylation sites (N-methyl/N-ethyl adjacent to an activating group) is 1. The first-order chi connectivity index (χ1) is 8.35. The van der Waals surface area contributed by atoms with Gasteiger partial charge in [0.1, 0.15) is 0 Å². The summed E-state index contributed by atoms with van der Waals surface area (Å²) in [5.74, 6) is 0. The van der Waals surface area contributed by atoms with E-state index in [0.717, 1.165) is 26.0 Å². The van der Waals surface area contributed by atoms with E-state index in [1.165, 1.54) is 18.4 Å². The Morgan fingerprint density at radius 3 is 3.12 bits per heavy atom. The van der Waals surface area contributed by atoms with E-state index in [9.17, 15) is 0 Å². The summed E-state index contributed by atoms with van der Waals surface area (Å²) >= 11 is 0. The minimum atomic E-state index is 0.279. The monoisotopic (exact) mass is 237 g/mol. The Labute approximate surface area is 103 Å². The van der Waals surface area contributed by atoms with Crippen molar-refractivity contribution in [2.24, 2.45) is 0 Å². The van der Waals surface area contributed by atoms with E-state index in [0.29, 0.717) is 6.10 Å². The van der Waals surface area contributed by atoms with E-state index in [1.54, 1.807) is 0 Å². The molecule has 2 heterocycles. The van der Waals surface area contributed by atoms with Crippen LogP contribution in [0.3, 0.4) is 0 Å². The summed E-state index contributed by atoms with van der Waals surface area (Å²) in [5, 5.41) is 7.76. The third kappa shape index (κ3) is 3.07. The second kappa shape index (κ2) is 6.17. The molecular weight excluding hydrogens is 214 g/mol. The van der Waals surface area contributed by atoms with Crippen LogP contribution in [0, 0.1) is 0 Å². The summed E-state index contributed by atoms with van der Waals surface area (Å²) in [6, 6.07) is 0.279. The van der Waals surface area contributed by atoms with Gasteiger partial charge in [-0.15, -0.1) is 0 Å². The highest BCUT2D eigenvalue weighted by molar-refractivity contribution is 5.12. The molecule has 0 aliphatic carbocycles. The van der Waals surface area contributed by atoms with Crippen LogP contribution >= 0.6 is 0 Å². The average Bonchev–Trinajstić information content (AvgIpc) is 2.81. The minimum absolute atomic E-state index is 0.279. The number of aryl methyl sites for hydroxylation is 1. The van der Waals surface area contributed by atoms with Crippen LogP contribution in [0.5, 0.6) is 0 Å². The summed E-state index contributed by atoms with van der Waals surface area (Å²) in [6.07, 6.45) is 9.13. The molecule has 1 aliphatic heterocycles. The van der Waals surface area contributed by atoms with Crippen LogP contribution in [-0.4, -0.2) is 29.5 Å². The van der Waals surface area contributed by atoms with Crippen molar-refractivity contribution in [2.45, 2.75) is 51.3 Å². The van der Waals surface area contributed by atoms with Crippen molar-refractivity contribution in [3.05, 3.63) is 18.0 Å². The van der Waals surface area contributed by atoms with Crippen molar-refractivity contribution in [3.63, 3.8) is 0 Å². The van der Waals surface area contributed by atoms with Gasteiger partial charge in [-0.05, 0) is 32.7 Å². The Bertz CT molecular complexity index is 331. The molecule has 1 N–H and O–H groups in total. The Kier molecular flexibility index (Phi) is 4.57. The van der Waals surface area contributed by atoms with Crippen molar-refractivity contribution < 1.29 is 4.74 Å². The van der Waals surface area contributed by atoms with Gasteiger partial charge in [0.05, 0.1) is 18.3 Å². The standard InChI is InChI=1S/C13H23N3O/c1-3-7-16-10-11(9-15-16)13(14-2)12-6-4-5-8-17-12/h9-10,12-14H,3-8H2,1-2H3. The highest BCUT2D eigenvalue weighted by atomic mass is 16.5. The van der Waals surface area contributed by atoms with Gasteiger partial charge in [0.25, 0.3) is 0 Å². The molecular formula is C13H23N3O. The van der Waals surface area contributed by atoms with Gasteiger partial charge in [-0.1, -0.05) is 6.92 Å². The van der Waals surface area contributed by atoms with Gasteiger partial charge in [0.15, 0.2) is 0 Å². The molecule has 0 radical (unpaired) electrons. The fourth-order valence-electron chi connectivity index (χ4n) is 2.49. The molecule has 17 heavy (non-hydrogen) atoms. The summed E-state index contributed by atoms with van der Waals surface area (Å²) < 4.78 is 7.87. The molecule has 2 rings (SSSR count). The molecule has 4 nitrogen and oxygen atoms in total. The van der Waals surface area contributed by atoms with Gasteiger partial charge in [-0.3, -0.25) is 4.68 Å². The minimum Gasteiger partial charge on any atom is -0.376 e. The smallest absolute Gasteiger partial charge is 0.0770 e. The van der Waals surface area contributed by atoms with Crippen LogP contribution in [0.1, 0.15) is 44.2 Å². The number of nitrogens with one attached hydrogen (secondary N) is 1. The predicted molar refractivity (Wildman–Crippen MR) is 67.9 cm³/mol. The van der Waals surface area contributed by atoms with Crippen molar-refractivity contribution >= 4 is 0 Å². The second-order valence-corrected chi connectivity index (χ2v) is 4.71. The number of aromatic nitrogens is 2. The maximum absolute atomic E-state index is 5.86. The Hall–Kier alpha value is -0.870. The number of rotatable bonds is 5. The van der Waals surface area contributed by atoms with Crippen LogP contribution in [0.25, 0.3) is 0 Å². The molecule has 1 aromatic rings. The molecule has 0 amide bonds. The maximum atomic E-state index is 5.86. The number of hydrogen-bond acceptors (Lipinski definition) is 3. The highest BCUT2D eigenvalue weighted by Crippen LogP contribution is 2.25. The van der Waals surface area contributed by atoms with Crippen LogP contribution in [0.15, 0.2) is 12.4 Å². The lowest BCUT2D eigenvalue weighted by Crippen LogP contribution is -2.33. The van der Waals surface area contributed by atoms with Gasteiger partial charge in [-0.2, -0.15) is 5.10 Å². The highest BCUT2D eigenvalue weighted by Gasteiger charge is 2.25. The summed E-state index contributed by atoms with van der Waals surface area (Å²) in [4.78, 5) is 0. The number of nitrogens with zero attached hydrogens (tertiary/aromatic N) is 2. The second-order valence-electron chi connectivity index (χ2n) is 4.71. The molecule has 4 heteroatoms. The molecule has 96 valence electrons. The molecule has 2 atom stereocenters. The summed E-state index contributed by atoms with van der Waals surface area (Å²) in [6.45, 7) is 4.05. The molecule has 2 unspecified atom stereocenters. The quantitative estimate of drug-likeness (QED) is 0.852. The molecule has 1 fully saturated rings. The lowest BCUT2D eigenvalue weighted by atomic mass is 9.98. The topological polar surface area (TPSA) is 39.1 Å². The Balaban J connectivity index is 2.04. The zero-order valence-electron chi connectivity index (χ0n) is 10.9. The van der Waals surface area contributed by atoms with E-state index in [4.69, 9.17) is 4.74 Å². The Morgan fingerprint density at radius 2 is 2.47 bits per heavy atom. The first kappa shape index (κ1) is 12.6. The first-order valence-corrected chi connectivity index (χ1v) is 6.66. The fraction of sp³-hybridized carbons (Fsp3) is 0.769. The lowest BCUT2D eigenvalue weighted by molar-refractivity contribution is -0.00663. The van der Waals surface area contributed by atoms with E-state index in [1.807, 2.05) is 17.9 Å². The molecule has 0 aromatic carbocycles. The summed E-state index contributed by atoms with van der Waals surface area (Å²) in [5.41, 5.74) is 1.24. The molecule has 1 aromatic heterocycles. The average molecular weight is 237 g/mol. The zero-order chi connectivity index (χ0) is 12.1. The third-order valence-corrected chi connectivity index (χ3v) is 3.36. The third-order valence-electron chi connectivity index (χ3n) is 3.36. The maximum Gasteiger partial charge on any atom is 0.0770 e. The van der Waals surface area contributed by atoms with Gasteiger partial charge < -0.3 is 10.1 Å². The molecule has 0 spiro atoms. The number of hydrogen-bond donors (Lipinski definition) is 1. The van der Waals surface area contributed by atoms with Crippen LogP contribution < -0.4 is 5.32 Å². The fourth-order valence-corrected chi connectivity index (χ4v) is 2.49. The molecule has 0 bridgehead atoms. The predicted octanol–water partition coefficient (Wildman–Crippen LogP) is 2.12. The van der Waals surface area contributed by atoms with Gasteiger partial charge >= 0.3 is 0 Å². The zero-order valence-corrected chi connectivity index (χ0v) is 10.9. The SMILES string of the molecule is CCCn1cc(C(NC)C2CCCCO2)cn1. The Morgan fingerprint density at radius 1 is 1.59 bits per heavy atom. The van der Waals surface area contributed by atoms with Gasteiger partial charge in [-0.25, -0.2) is 0 Å². The molecule has 0 saturated carbocycles. The van der Waals surface area contributed by atoms with Crippen LogP contribution in [0.2, 0.25) is 0 Å². The number of ether oxygens (including phenoxy) is 1. The van der Waals surface area contributed by atoms with Crippen molar-refractivity contribution in [2.75, 3.05) is 13.7 Å². The van der Waals surface area contributed by atoms with E-state index >= 15 is 0 Å². The van der Waals surface area contributed by atoms with E-state index < -0.39 is 0 Å². The normalized spacial score (nSPS) is 22.6. The van der Waals surface area contributed by atoms with E-state index in [-0.39, 0.29) is 6.04 Å². The molecule has 1 aliphatic rings.